The van der Waals surface area contributed by atoms with Crippen LogP contribution in [-0.2, 0) is 4.79 Å². The van der Waals surface area contributed by atoms with Crippen molar-refractivity contribution < 1.29 is 4.79 Å². The summed E-state index contributed by atoms with van der Waals surface area (Å²) in [5, 5.41) is 8.70. The van der Waals surface area contributed by atoms with E-state index in [9.17, 15) is 4.79 Å². The highest BCUT2D eigenvalue weighted by Crippen LogP contribution is 2.06. The summed E-state index contributed by atoms with van der Waals surface area (Å²) in [6.07, 6.45) is 0.568. The summed E-state index contributed by atoms with van der Waals surface area (Å²) >= 11 is 0. The number of likely N-dealkylation sites (N-methyl/N-ethyl adjacent to an activating group) is 1. The second-order valence-electron chi connectivity index (χ2n) is 3.61. The molecule has 0 fully saturated rings. The van der Waals surface area contributed by atoms with Gasteiger partial charge in [-0.1, -0.05) is 13.8 Å². The molecule has 0 saturated carbocycles. The van der Waals surface area contributed by atoms with Crippen molar-refractivity contribution in [2.24, 2.45) is 5.92 Å². The number of carbonyl (C=O) groups excluding carboxylic acids is 1. The van der Waals surface area contributed by atoms with Crippen LogP contribution in [0.25, 0.3) is 0 Å². The summed E-state index contributed by atoms with van der Waals surface area (Å²) in [6.45, 7) is 9.19. The number of ketones is 1. The lowest BCUT2D eigenvalue weighted by Gasteiger charge is -2.27. The average molecular weight is 196 g/mol. The molecule has 0 rings (SSSR count). The van der Waals surface area contributed by atoms with E-state index in [0.29, 0.717) is 13.0 Å². The molecule has 0 spiro atoms. The van der Waals surface area contributed by atoms with Gasteiger partial charge in [-0.2, -0.15) is 5.26 Å². The summed E-state index contributed by atoms with van der Waals surface area (Å²) in [4.78, 5) is 13.5. The molecule has 3 nitrogen and oxygen atoms in total. The molecule has 0 N–H and O–H groups in total. The zero-order valence-electron chi connectivity index (χ0n) is 9.58. The molecule has 0 heterocycles. The lowest BCUT2D eigenvalue weighted by atomic mass is 10.1. The fraction of sp³-hybridized carbons (Fsp3) is 0.818. The average Bonchev–Trinajstić information content (AvgIpc) is 2.23. The van der Waals surface area contributed by atoms with E-state index in [1.807, 2.05) is 27.7 Å². The Morgan fingerprint density at radius 2 is 2.00 bits per heavy atom. The molecule has 0 aliphatic rings. The number of nitriles is 1. The Balaban J connectivity index is 4.27. The van der Waals surface area contributed by atoms with E-state index in [1.165, 1.54) is 0 Å². The van der Waals surface area contributed by atoms with Crippen LogP contribution in [-0.4, -0.2) is 29.8 Å². The molecule has 0 aromatic carbocycles. The van der Waals surface area contributed by atoms with Gasteiger partial charge in [-0.25, -0.2) is 0 Å². The third kappa shape index (κ3) is 3.89. The number of nitrogens with zero attached hydrogens (tertiary/aromatic N) is 2. The van der Waals surface area contributed by atoms with Gasteiger partial charge in [0.15, 0.2) is 0 Å². The van der Waals surface area contributed by atoms with E-state index in [1.54, 1.807) is 0 Å². The Morgan fingerprint density at radius 3 is 2.36 bits per heavy atom. The van der Waals surface area contributed by atoms with Crippen LogP contribution in [0.1, 0.15) is 34.1 Å². The Morgan fingerprint density at radius 1 is 1.43 bits per heavy atom. The maximum atomic E-state index is 11.5. The minimum absolute atomic E-state index is 0.0120. The van der Waals surface area contributed by atoms with E-state index < -0.39 is 0 Å². The molecule has 0 aliphatic carbocycles. The smallest absolute Gasteiger partial charge is 0.149 e. The van der Waals surface area contributed by atoms with Gasteiger partial charge in [0.1, 0.15) is 5.78 Å². The van der Waals surface area contributed by atoms with Crippen molar-refractivity contribution in [1.29, 1.82) is 5.26 Å². The fourth-order valence-corrected chi connectivity index (χ4v) is 1.45. The molecule has 0 bridgehead atoms. The first-order chi connectivity index (χ1) is 6.56. The lowest BCUT2D eigenvalue weighted by molar-refractivity contribution is -0.123. The first-order valence-electron chi connectivity index (χ1n) is 5.23. The molecule has 0 aromatic heterocycles. The highest BCUT2D eigenvalue weighted by Gasteiger charge is 2.19. The third-order valence-electron chi connectivity index (χ3n) is 2.50. The minimum atomic E-state index is -0.0548. The number of hydrogen-bond acceptors (Lipinski definition) is 3. The first-order valence-corrected chi connectivity index (χ1v) is 5.23. The second-order valence-corrected chi connectivity index (χ2v) is 3.61. The molecule has 0 aliphatic heterocycles. The maximum Gasteiger partial charge on any atom is 0.149 e. The molecule has 3 heteroatoms. The van der Waals surface area contributed by atoms with Crippen LogP contribution >= 0.6 is 0 Å². The summed E-state index contributed by atoms with van der Waals surface area (Å²) < 4.78 is 0. The fourth-order valence-electron chi connectivity index (χ4n) is 1.45. The van der Waals surface area contributed by atoms with Gasteiger partial charge in [-0.15, -0.1) is 0 Å². The standard InChI is InChI=1S/C11H20N2O/c1-5-11(14)10(4)13(6-2)8-9(3)7-12/h9-10H,5-6,8H2,1-4H3. The van der Waals surface area contributed by atoms with Crippen molar-refractivity contribution in [2.45, 2.75) is 40.2 Å². The van der Waals surface area contributed by atoms with Gasteiger partial charge in [0.25, 0.3) is 0 Å². The van der Waals surface area contributed by atoms with Crippen LogP contribution < -0.4 is 0 Å². The van der Waals surface area contributed by atoms with Gasteiger partial charge in [-0.3, -0.25) is 9.69 Å². The summed E-state index contributed by atoms with van der Waals surface area (Å²) in [6, 6.07) is 2.13. The topological polar surface area (TPSA) is 44.1 Å². The molecule has 2 unspecified atom stereocenters. The Hall–Kier alpha value is -0.880. The zero-order valence-corrected chi connectivity index (χ0v) is 9.58. The van der Waals surface area contributed by atoms with Gasteiger partial charge >= 0.3 is 0 Å². The minimum Gasteiger partial charge on any atom is -0.298 e. The summed E-state index contributed by atoms with van der Waals surface area (Å²) in [5.41, 5.74) is 0. The monoisotopic (exact) mass is 196 g/mol. The molecule has 0 amide bonds. The molecule has 14 heavy (non-hydrogen) atoms. The Bertz CT molecular complexity index is 220. The predicted molar refractivity (Wildman–Crippen MR) is 56.8 cm³/mol. The van der Waals surface area contributed by atoms with Crippen molar-refractivity contribution in [3.63, 3.8) is 0 Å². The lowest BCUT2D eigenvalue weighted by Crippen LogP contribution is -2.40. The largest absolute Gasteiger partial charge is 0.298 e. The van der Waals surface area contributed by atoms with Crippen LogP contribution in [0.4, 0.5) is 0 Å². The quantitative estimate of drug-likeness (QED) is 0.651. The normalized spacial score (nSPS) is 14.9. The molecule has 0 aromatic rings. The van der Waals surface area contributed by atoms with E-state index in [0.717, 1.165) is 6.54 Å². The zero-order chi connectivity index (χ0) is 11.1. The number of carbonyl (C=O) groups is 1. The van der Waals surface area contributed by atoms with Crippen LogP contribution in [0.3, 0.4) is 0 Å². The van der Waals surface area contributed by atoms with Gasteiger partial charge in [-0.05, 0) is 20.4 Å². The summed E-state index contributed by atoms with van der Waals surface area (Å²) in [7, 11) is 0. The molecule has 0 radical (unpaired) electrons. The predicted octanol–water partition coefficient (Wildman–Crippen LogP) is 1.84. The molecule has 80 valence electrons. The molecular weight excluding hydrogens is 176 g/mol. The highest BCUT2D eigenvalue weighted by molar-refractivity contribution is 5.83. The Kier molecular flexibility index (Phi) is 6.14. The highest BCUT2D eigenvalue weighted by atomic mass is 16.1. The number of Topliss-reactive ketones (excluding diaryl/α,β-unsaturated/α-hetero) is 1. The maximum absolute atomic E-state index is 11.5. The van der Waals surface area contributed by atoms with Crippen LogP contribution in [0, 0.1) is 17.2 Å². The van der Waals surface area contributed by atoms with Crippen molar-refractivity contribution >= 4 is 5.78 Å². The van der Waals surface area contributed by atoms with Gasteiger partial charge < -0.3 is 0 Å². The Labute approximate surface area is 86.7 Å². The molecule has 2 atom stereocenters. The van der Waals surface area contributed by atoms with Gasteiger partial charge in [0.05, 0.1) is 18.0 Å². The summed E-state index contributed by atoms with van der Waals surface area (Å²) in [5.74, 6) is 0.235. The second kappa shape index (κ2) is 6.56. The SMILES string of the molecule is CCC(=O)C(C)N(CC)CC(C)C#N. The number of rotatable bonds is 6. The van der Waals surface area contributed by atoms with Crippen LogP contribution in [0.2, 0.25) is 0 Å². The van der Waals surface area contributed by atoms with Crippen LogP contribution in [0.5, 0.6) is 0 Å². The van der Waals surface area contributed by atoms with Crippen molar-refractivity contribution in [2.75, 3.05) is 13.1 Å². The van der Waals surface area contributed by atoms with E-state index in [-0.39, 0.29) is 17.7 Å². The molecule has 0 saturated heterocycles. The first kappa shape index (κ1) is 13.1. The van der Waals surface area contributed by atoms with Crippen molar-refractivity contribution in [1.82, 2.24) is 4.90 Å². The van der Waals surface area contributed by atoms with Crippen LogP contribution in [0.15, 0.2) is 0 Å². The van der Waals surface area contributed by atoms with Gasteiger partial charge in [0.2, 0.25) is 0 Å². The van der Waals surface area contributed by atoms with Crippen molar-refractivity contribution in [3.8, 4) is 6.07 Å². The number of hydrogen-bond donors (Lipinski definition) is 0. The van der Waals surface area contributed by atoms with E-state index in [4.69, 9.17) is 5.26 Å². The molecular formula is C11H20N2O. The van der Waals surface area contributed by atoms with E-state index >= 15 is 0 Å². The van der Waals surface area contributed by atoms with Gasteiger partial charge in [0, 0.05) is 13.0 Å². The van der Waals surface area contributed by atoms with E-state index in [2.05, 4.69) is 11.0 Å². The van der Waals surface area contributed by atoms with Crippen molar-refractivity contribution in [3.05, 3.63) is 0 Å². The third-order valence-corrected chi connectivity index (χ3v) is 2.50.